The van der Waals surface area contributed by atoms with Gasteiger partial charge in [-0.25, -0.2) is 8.42 Å². The number of sulfone groups is 1. The molecule has 0 aliphatic carbocycles. The quantitative estimate of drug-likeness (QED) is 0.0880. The molecule has 12 heteroatoms. The second-order valence-electron chi connectivity index (χ2n) is 7.75. The predicted molar refractivity (Wildman–Crippen MR) is 139 cm³/mol. The SMILES string of the molecule is CC(=NO)C(=NO)S(=O)(=O)c1ccc(C(F)(F)F)cc1.c1ccc2[nH]ccc2c1.c1ccc2[nH]ccc2c1. The van der Waals surface area contributed by atoms with Crippen LogP contribution in [0.4, 0.5) is 13.2 Å². The van der Waals surface area contributed by atoms with Crippen molar-refractivity contribution in [3.05, 3.63) is 103 Å². The van der Waals surface area contributed by atoms with Crippen LogP contribution < -0.4 is 0 Å². The van der Waals surface area contributed by atoms with E-state index in [1.807, 2.05) is 36.7 Å². The van der Waals surface area contributed by atoms with Crippen LogP contribution in [0.5, 0.6) is 0 Å². The number of alkyl halides is 3. The molecule has 0 aliphatic heterocycles. The summed E-state index contributed by atoms with van der Waals surface area (Å²) in [5.74, 6) is 0. The number of para-hydroxylation sites is 2. The number of fused-ring (bicyclic) bond motifs is 2. The van der Waals surface area contributed by atoms with Crippen molar-refractivity contribution < 1.29 is 32.0 Å². The molecular formula is C26H23F3N4O4S. The molecule has 5 aromatic rings. The molecule has 4 N–H and O–H groups in total. The molecule has 0 aliphatic rings. The lowest BCUT2D eigenvalue weighted by Crippen LogP contribution is -2.23. The smallest absolute Gasteiger partial charge is 0.411 e. The molecule has 0 atom stereocenters. The molecule has 3 aromatic carbocycles. The van der Waals surface area contributed by atoms with Gasteiger partial charge in [0, 0.05) is 23.4 Å². The van der Waals surface area contributed by atoms with Gasteiger partial charge in [-0.3, -0.25) is 0 Å². The van der Waals surface area contributed by atoms with E-state index in [0.717, 1.165) is 6.92 Å². The number of hydrogen-bond acceptors (Lipinski definition) is 6. The minimum absolute atomic E-state index is 0.507. The van der Waals surface area contributed by atoms with Crippen molar-refractivity contribution in [2.24, 2.45) is 10.3 Å². The van der Waals surface area contributed by atoms with Crippen LogP contribution >= 0.6 is 0 Å². The molecule has 2 heterocycles. The van der Waals surface area contributed by atoms with Crippen LogP contribution in [0.3, 0.4) is 0 Å². The molecule has 0 saturated carbocycles. The highest BCUT2D eigenvalue weighted by Gasteiger charge is 2.32. The highest BCUT2D eigenvalue weighted by molar-refractivity contribution is 8.08. The van der Waals surface area contributed by atoms with E-state index < -0.39 is 37.2 Å². The topological polar surface area (TPSA) is 131 Å². The number of halogens is 3. The minimum Gasteiger partial charge on any atom is -0.411 e. The molecule has 0 fully saturated rings. The zero-order chi connectivity index (χ0) is 27.8. The first-order valence-corrected chi connectivity index (χ1v) is 12.4. The molecule has 5 rings (SSSR count). The number of aromatic nitrogens is 2. The third-order valence-electron chi connectivity index (χ3n) is 5.22. The highest BCUT2D eigenvalue weighted by Crippen LogP contribution is 2.30. The van der Waals surface area contributed by atoms with Gasteiger partial charge in [0.05, 0.1) is 10.5 Å². The largest absolute Gasteiger partial charge is 0.416 e. The highest BCUT2D eigenvalue weighted by atomic mass is 32.2. The molecule has 0 radical (unpaired) electrons. The molecular weight excluding hydrogens is 521 g/mol. The van der Waals surface area contributed by atoms with E-state index in [1.165, 1.54) is 21.8 Å². The average Bonchev–Trinajstić information content (AvgIpc) is 3.59. The summed E-state index contributed by atoms with van der Waals surface area (Å²) in [7, 11) is -4.38. The van der Waals surface area contributed by atoms with Gasteiger partial charge >= 0.3 is 6.18 Å². The Bertz CT molecular complexity index is 1530. The number of rotatable bonds is 2. The normalized spacial score (nSPS) is 12.4. The van der Waals surface area contributed by atoms with E-state index in [1.54, 1.807) is 0 Å². The number of benzene rings is 3. The van der Waals surface area contributed by atoms with Crippen molar-refractivity contribution >= 4 is 42.4 Å². The number of oxime groups is 2. The molecule has 0 unspecified atom stereocenters. The van der Waals surface area contributed by atoms with Gasteiger partial charge < -0.3 is 20.4 Å². The standard InChI is InChI=1S/C10H9F3N2O4S.2C8H7N/c1-6(14-16)9(15-17)20(18,19)8-4-2-7(3-5-8)10(11,12)13;2*1-2-4-8-7(3-1)5-6-9-8/h2-5,16-17H,1H3;2*1-6,9H. The summed E-state index contributed by atoms with van der Waals surface area (Å²) < 4.78 is 61.0. The van der Waals surface area contributed by atoms with Crippen LogP contribution in [0.1, 0.15) is 12.5 Å². The third kappa shape index (κ3) is 6.79. The van der Waals surface area contributed by atoms with E-state index in [0.29, 0.717) is 24.3 Å². The first kappa shape index (κ1) is 28.0. The fourth-order valence-corrected chi connectivity index (χ4v) is 4.54. The Balaban J connectivity index is 0.000000180. The molecule has 0 amide bonds. The van der Waals surface area contributed by atoms with E-state index >= 15 is 0 Å². The lowest BCUT2D eigenvalue weighted by molar-refractivity contribution is -0.137. The molecule has 38 heavy (non-hydrogen) atoms. The summed E-state index contributed by atoms with van der Waals surface area (Å²) in [5.41, 5.74) is 0.883. The van der Waals surface area contributed by atoms with Gasteiger partial charge in [0.15, 0.2) is 0 Å². The van der Waals surface area contributed by atoms with E-state index in [4.69, 9.17) is 10.4 Å². The van der Waals surface area contributed by atoms with Crippen molar-refractivity contribution in [1.82, 2.24) is 9.97 Å². The second kappa shape index (κ2) is 12.1. The molecule has 198 valence electrons. The van der Waals surface area contributed by atoms with Crippen LogP contribution in [0.25, 0.3) is 21.8 Å². The maximum atomic E-state index is 12.4. The maximum absolute atomic E-state index is 12.4. The van der Waals surface area contributed by atoms with Crippen LogP contribution in [0, 0.1) is 0 Å². The van der Waals surface area contributed by atoms with Gasteiger partial charge in [0.25, 0.3) is 0 Å². The van der Waals surface area contributed by atoms with Crippen molar-refractivity contribution in [3.63, 3.8) is 0 Å². The van der Waals surface area contributed by atoms with Gasteiger partial charge in [-0.15, -0.1) is 0 Å². The molecule has 0 bridgehead atoms. The molecule has 0 spiro atoms. The number of nitrogens with one attached hydrogen (secondary N) is 2. The monoisotopic (exact) mass is 544 g/mol. The Morgan fingerprint density at radius 3 is 1.61 bits per heavy atom. The number of nitrogens with zero attached hydrogens (tertiary/aromatic N) is 2. The zero-order valence-corrected chi connectivity index (χ0v) is 20.7. The second-order valence-corrected chi connectivity index (χ2v) is 9.61. The van der Waals surface area contributed by atoms with Crippen LogP contribution in [0.2, 0.25) is 0 Å². The Labute approximate surface area is 215 Å². The van der Waals surface area contributed by atoms with Crippen LogP contribution in [-0.4, -0.2) is 39.6 Å². The van der Waals surface area contributed by atoms with Gasteiger partial charge in [0.1, 0.15) is 5.71 Å². The van der Waals surface area contributed by atoms with E-state index in [-0.39, 0.29) is 0 Å². The summed E-state index contributed by atoms with van der Waals surface area (Å²) >= 11 is 0. The zero-order valence-electron chi connectivity index (χ0n) is 19.9. The summed E-state index contributed by atoms with van der Waals surface area (Å²) in [6, 6.07) is 23.2. The van der Waals surface area contributed by atoms with Gasteiger partial charge in [0.2, 0.25) is 14.9 Å². The Kier molecular flexibility index (Phi) is 8.92. The van der Waals surface area contributed by atoms with E-state index in [2.05, 4.69) is 56.7 Å². The number of H-pyrrole nitrogens is 2. The fraction of sp³-hybridized carbons (Fsp3) is 0.0769. The summed E-state index contributed by atoms with van der Waals surface area (Å²) in [6.45, 7) is 1.05. The van der Waals surface area contributed by atoms with Crippen molar-refractivity contribution in [3.8, 4) is 0 Å². The Morgan fingerprint density at radius 1 is 0.737 bits per heavy atom. The van der Waals surface area contributed by atoms with Crippen LogP contribution in [-0.2, 0) is 16.0 Å². The van der Waals surface area contributed by atoms with Gasteiger partial charge in [-0.05, 0) is 66.2 Å². The maximum Gasteiger partial charge on any atom is 0.416 e. The van der Waals surface area contributed by atoms with Gasteiger partial charge in [-0.2, -0.15) is 13.2 Å². The predicted octanol–water partition coefficient (Wildman–Crippen LogP) is 6.45. The Morgan fingerprint density at radius 2 is 1.21 bits per heavy atom. The first-order chi connectivity index (χ1) is 18.1. The third-order valence-corrected chi connectivity index (χ3v) is 7.00. The summed E-state index contributed by atoms with van der Waals surface area (Å²) in [4.78, 5) is 5.71. The molecule has 8 nitrogen and oxygen atoms in total. The lowest BCUT2D eigenvalue weighted by Gasteiger charge is -2.08. The minimum atomic E-state index is -4.60. The number of aromatic amines is 2. The molecule has 0 saturated heterocycles. The van der Waals surface area contributed by atoms with Gasteiger partial charge in [-0.1, -0.05) is 46.7 Å². The lowest BCUT2D eigenvalue weighted by atomic mass is 10.2. The van der Waals surface area contributed by atoms with Crippen molar-refractivity contribution in [2.75, 3.05) is 0 Å². The fourth-order valence-electron chi connectivity index (χ4n) is 3.29. The van der Waals surface area contributed by atoms with Crippen molar-refractivity contribution in [2.45, 2.75) is 18.0 Å². The van der Waals surface area contributed by atoms with Crippen LogP contribution in [0.15, 0.2) is 113 Å². The number of hydrogen-bond donors (Lipinski definition) is 4. The Hall–Kier alpha value is -4.58. The summed E-state index contributed by atoms with van der Waals surface area (Å²) in [6.07, 6.45) is -0.700. The molecule has 2 aromatic heterocycles. The van der Waals surface area contributed by atoms with E-state index in [9.17, 15) is 21.6 Å². The summed E-state index contributed by atoms with van der Waals surface area (Å²) in [5, 5.41) is 23.8. The average molecular weight is 545 g/mol. The first-order valence-electron chi connectivity index (χ1n) is 11.0. The van der Waals surface area contributed by atoms with Crippen molar-refractivity contribution in [1.29, 1.82) is 0 Å².